The fourth-order valence-electron chi connectivity index (χ4n) is 1.47. The number of terminal acetylenes is 1. The van der Waals surface area contributed by atoms with Gasteiger partial charge in [0.15, 0.2) is 0 Å². The monoisotopic (exact) mass is 261 g/mol. The molecule has 0 unspecified atom stereocenters. The third-order valence-electron chi connectivity index (χ3n) is 2.59. The Balaban J connectivity index is 2.68. The van der Waals surface area contributed by atoms with Gasteiger partial charge in [0.2, 0.25) is 11.9 Å². The molecule has 0 saturated carbocycles. The van der Waals surface area contributed by atoms with Crippen molar-refractivity contribution < 1.29 is 0 Å². The normalized spacial score (nSPS) is 10.3. The lowest BCUT2D eigenvalue weighted by molar-refractivity contribution is 0.745. The van der Waals surface area contributed by atoms with Gasteiger partial charge in [0.1, 0.15) is 5.82 Å². The maximum atomic E-state index is 5.22. The minimum atomic E-state index is 0.281. The van der Waals surface area contributed by atoms with Crippen LogP contribution in [0, 0.1) is 12.3 Å². The number of anilines is 2. The summed E-state index contributed by atoms with van der Waals surface area (Å²) >= 11 is 0. The van der Waals surface area contributed by atoms with E-state index in [1.54, 1.807) is 0 Å². The van der Waals surface area contributed by atoms with E-state index in [2.05, 4.69) is 40.0 Å². The smallest absolute Gasteiger partial charge is 0.229 e. The van der Waals surface area contributed by atoms with Crippen molar-refractivity contribution in [2.45, 2.75) is 39.0 Å². The van der Waals surface area contributed by atoms with Crippen LogP contribution in [0.4, 0.5) is 11.9 Å². The fourth-order valence-corrected chi connectivity index (χ4v) is 1.47. The minimum absolute atomic E-state index is 0.281. The van der Waals surface area contributed by atoms with Crippen molar-refractivity contribution in [1.29, 1.82) is 0 Å². The molecule has 0 amide bonds. The van der Waals surface area contributed by atoms with Gasteiger partial charge in [0.25, 0.3) is 0 Å². The van der Waals surface area contributed by atoms with Crippen molar-refractivity contribution in [3.05, 3.63) is 5.82 Å². The Morgan fingerprint density at radius 1 is 1.21 bits per heavy atom. The molecule has 104 valence electrons. The van der Waals surface area contributed by atoms with E-state index in [0.717, 1.165) is 31.6 Å². The lowest BCUT2D eigenvalue weighted by atomic mass is 10.2. The molecule has 0 aliphatic heterocycles. The van der Waals surface area contributed by atoms with Gasteiger partial charge < -0.3 is 10.2 Å². The van der Waals surface area contributed by atoms with Crippen molar-refractivity contribution in [2.75, 3.05) is 30.9 Å². The van der Waals surface area contributed by atoms with Gasteiger partial charge in [0.05, 0.1) is 0 Å². The first-order chi connectivity index (χ1) is 9.04. The summed E-state index contributed by atoms with van der Waals surface area (Å²) in [6.07, 6.45) is 8.08. The Kier molecular flexibility index (Phi) is 6.07. The van der Waals surface area contributed by atoms with Crippen LogP contribution in [-0.4, -0.2) is 35.6 Å². The number of hydrogen-bond acceptors (Lipinski definition) is 5. The second kappa shape index (κ2) is 7.57. The maximum absolute atomic E-state index is 5.22. The first kappa shape index (κ1) is 15.2. The van der Waals surface area contributed by atoms with Gasteiger partial charge in [-0.3, -0.25) is 0 Å². The molecule has 0 spiro atoms. The van der Waals surface area contributed by atoms with Gasteiger partial charge in [-0.15, -0.1) is 12.3 Å². The van der Waals surface area contributed by atoms with Gasteiger partial charge >= 0.3 is 0 Å². The Morgan fingerprint density at radius 3 is 2.53 bits per heavy atom. The van der Waals surface area contributed by atoms with E-state index in [4.69, 9.17) is 6.42 Å². The topological polar surface area (TPSA) is 53.9 Å². The van der Waals surface area contributed by atoms with Crippen molar-refractivity contribution in [3.63, 3.8) is 0 Å². The summed E-state index contributed by atoms with van der Waals surface area (Å²) in [4.78, 5) is 15.1. The van der Waals surface area contributed by atoms with Crippen molar-refractivity contribution in [3.8, 4) is 12.3 Å². The molecule has 1 heterocycles. The minimum Gasteiger partial charge on any atom is -0.354 e. The lowest BCUT2D eigenvalue weighted by Crippen LogP contribution is -2.17. The van der Waals surface area contributed by atoms with Gasteiger partial charge in [0, 0.05) is 33.0 Å². The van der Waals surface area contributed by atoms with E-state index in [9.17, 15) is 0 Å². The zero-order valence-corrected chi connectivity index (χ0v) is 12.3. The molecule has 1 N–H and O–H groups in total. The number of nitrogens with one attached hydrogen (secondary N) is 1. The zero-order chi connectivity index (χ0) is 14.3. The van der Waals surface area contributed by atoms with Crippen LogP contribution < -0.4 is 10.2 Å². The number of nitrogens with zero attached hydrogens (tertiary/aromatic N) is 4. The van der Waals surface area contributed by atoms with Crippen LogP contribution in [0.2, 0.25) is 0 Å². The molecule has 0 radical (unpaired) electrons. The molecule has 5 nitrogen and oxygen atoms in total. The standard InChI is InChI=1S/C14H23N5/c1-6-7-8-9-10-15-13-16-12(11(2)3)17-14(18-13)19(4)5/h1,11H,7-10H2,2-5H3,(H,15,16,17,18). The second-order valence-corrected chi connectivity index (χ2v) is 4.95. The molecule has 1 aromatic rings. The van der Waals surface area contributed by atoms with Gasteiger partial charge in [-0.25, -0.2) is 0 Å². The summed E-state index contributed by atoms with van der Waals surface area (Å²) < 4.78 is 0. The summed E-state index contributed by atoms with van der Waals surface area (Å²) in [6, 6.07) is 0. The SMILES string of the molecule is C#CCCCCNc1nc(C(C)C)nc(N(C)C)n1. The van der Waals surface area contributed by atoms with E-state index in [0.29, 0.717) is 11.9 Å². The van der Waals surface area contributed by atoms with Gasteiger partial charge in [-0.2, -0.15) is 15.0 Å². The van der Waals surface area contributed by atoms with E-state index in [1.807, 2.05) is 19.0 Å². The van der Waals surface area contributed by atoms with Crippen LogP contribution in [0.3, 0.4) is 0 Å². The predicted molar refractivity (Wildman–Crippen MR) is 79.4 cm³/mol. The number of aromatic nitrogens is 3. The Hall–Kier alpha value is -1.83. The van der Waals surface area contributed by atoms with Gasteiger partial charge in [-0.05, 0) is 12.8 Å². The molecule has 0 fully saturated rings. The molecule has 0 saturated heterocycles. The highest BCUT2D eigenvalue weighted by Crippen LogP contribution is 2.14. The molecular weight excluding hydrogens is 238 g/mol. The first-order valence-corrected chi connectivity index (χ1v) is 6.65. The average molecular weight is 261 g/mol. The van der Waals surface area contributed by atoms with Crippen molar-refractivity contribution in [1.82, 2.24) is 15.0 Å². The van der Waals surface area contributed by atoms with Crippen molar-refractivity contribution in [2.24, 2.45) is 0 Å². The third kappa shape index (κ3) is 5.12. The highest BCUT2D eigenvalue weighted by Gasteiger charge is 2.10. The van der Waals surface area contributed by atoms with Crippen LogP contribution in [0.1, 0.15) is 44.9 Å². The van der Waals surface area contributed by atoms with E-state index >= 15 is 0 Å². The van der Waals surface area contributed by atoms with E-state index in [1.165, 1.54) is 0 Å². The molecular formula is C14H23N5. The first-order valence-electron chi connectivity index (χ1n) is 6.65. The summed E-state index contributed by atoms with van der Waals surface area (Å²) in [6.45, 7) is 4.98. The van der Waals surface area contributed by atoms with Gasteiger partial charge in [-0.1, -0.05) is 13.8 Å². The Morgan fingerprint density at radius 2 is 1.95 bits per heavy atom. The van der Waals surface area contributed by atoms with Crippen LogP contribution in [0.25, 0.3) is 0 Å². The molecule has 0 aromatic carbocycles. The Bertz CT molecular complexity index is 408. The largest absolute Gasteiger partial charge is 0.354 e. The van der Waals surface area contributed by atoms with Crippen molar-refractivity contribution >= 4 is 11.9 Å². The third-order valence-corrected chi connectivity index (χ3v) is 2.59. The quantitative estimate of drug-likeness (QED) is 0.603. The predicted octanol–water partition coefficient (Wildman–Crippen LogP) is 2.28. The van der Waals surface area contributed by atoms with Crippen LogP contribution in [-0.2, 0) is 0 Å². The summed E-state index contributed by atoms with van der Waals surface area (Å²) in [7, 11) is 3.85. The molecule has 1 rings (SSSR count). The average Bonchev–Trinajstić information content (AvgIpc) is 2.38. The fraction of sp³-hybridized carbons (Fsp3) is 0.643. The molecule has 0 aliphatic rings. The highest BCUT2D eigenvalue weighted by atomic mass is 15.3. The Labute approximate surface area is 115 Å². The lowest BCUT2D eigenvalue weighted by Gasteiger charge is -2.14. The second-order valence-electron chi connectivity index (χ2n) is 4.95. The summed E-state index contributed by atoms with van der Waals surface area (Å²) in [5.41, 5.74) is 0. The number of unbranched alkanes of at least 4 members (excludes halogenated alkanes) is 2. The maximum Gasteiger partial charge on any atom is 0.229 e. The van der Waals surface area contributed by atoms with E-state index < -0.39 is 0 Å². The highest BCUT2D eigenvalue weighted by molar-refractivity contribution is 5.36. The molecule has 19 heavy (non-hydrogen) atoms. The van der Waals surface area contributed by atoms with Crippen LogP contribution >= 0.6 is 0 Å². The van der Waals surface area contributed by atoms with E-state index in [-0.39, 0.29) is 5.92 Å². The zero-order valence-electron chi connectivity index (χ0n) is 12.3. The number of rotatable bonds is 7. The molecule has 5 heteroatoms. The molecule has 0 bridgehead atoms. The summed E-state index contributed by atoms with van der Waals surface area (Å²) in [5, 5.41) is 3.24. The molecule has 0 atom stereocenters. The molecule has 1 aromatic heterocycles. The summed E-state index contributed by atoms with van der Waals surface area (Å²) in [5.74, 6) is 5.06. The molecule has 0 aliphatic carbocycles. The number of hydrogen-bond donors (Lipinski definition) is 1. The van der Waals surface area contributed by atoms with Crippen LogP contribution in [0.5, 0.6) is 0 Å². The van der Waals surface area contributed by atoms with Crippen LogP contribution in [0.15, 0.2) is 0 Å².